The Balaban J connectivity index is 2.56. The highest BCUT2D eigenvalue weighted by Crippen LogP contribution is 2.20. The Bertz CT molecular complexity index is 743. The Morgan fingerprint density at radius 3 is 2.12 bits per heavy atom. The van der Waals surface area contributed by atoms with Crippen molar-refractivity contribution < 1.29 is 5.11 Å². The number of aromatic nitrogens is 2. The molecular weight excluding hydrogens is 210 g/mol. The molecule has 3 rings (SSSR count). The van der Waals surface area contributed by atoms with Crippen molar-refractivity contribution in [1.29, 1.82) is 0 Å². The minimum absolute atomic E-state index is 0.226. The van der Waals surface area contributed by atoms with Crippen molar-refractivity contribution in [3.63, 3.8) is 0 Å². The number of aromatic hydroxyl groups is 1. The summed E-state index contributed by atoms with van der Waals surface area (Å²) >= 11 is 0. The third kappa shape index (κ3) is 1.46. The van der Waals surface area contributed by atoms with Gasteiger partial charge in [0.15, 0.2) is 0 Å². The number of fused-ring (bicyclic) bond motifs is 2. The first-order valence-electron chi connectivity index (χ1n) is 5.52. The van der Waals surface area contributed by atoms with Gasteiger partial charge in [-0.05, 0) is 17.6 Å². The molecule has 3 aromatic rings. The quantitative estimate of drug-likeness (QED) is 0.390. The average Bonchev–Trinajstić information content (AvgIpc) is 2.34. The SMILES string of the molecule is Bc1cc(B)c2nc3ccccc3nc2c1O. The lowest BCUT2D eigenvalue weighted by atomic mass is 9.85. The van der Waals surface area contributed by atoms with Crippen LogP contribution >= 0.6 is 0 Å². The van der Waals surface area contributed by atoms with Crippen molar-refractivity contribution in [3.05, 3.63) is 30.3 Å². The van der Waals surface area contributed by atoms with Crippen molar-refractivity contribution in [2.45, 2.75) is 0 Å². The van der Waals surface area contributed by atoms with Gasteiger partial charge in [-0.2, -0.15) is 0 Å². The van der Waals surface area contributed by atoms with Crippen LogP contribution in [-0.4, -0.2) is 30.8 Å². The monoisotopic (exact) mass is 220 g/mol. The molecule has 5 heteroatoms. The van der Waals surface area contributed by atoms with Crippen molar-refractivity contribution >= 4 is 48.7 Å². The molecule has 0 aliphatic carbocycles. The molecule has 0 amide bonds. The lowest BCUT2D eigenvalue weighted by molar-refractivity contribution is 0.484. The smallest absolute Gasteiger partial charge is 0.144 e. The summed E-state index contributed by atoms with van der Waals surface area (Å²) in [4.78, 5) is 9.04. The third-order valence-corrected chi connectivity index (χ3v) is 2.97. The van der Waals surface area contributed by atoms with Gasteiger partial charge in [-0.1, -0.05) is 23.7 Å². The van der Waals surface area contributed by atoms with Crippen molar-refractivity contribution in [2.24, 2.45) is 0 Å². The standard InChI is InChI=1S/C12H10B2N2O/c13-6-5-7(14)12(17)11-10(6)15-8-3-1-2-4-9(8)16-11/h1-5,17H,13-14H2. The summed E-state index contributed by atoms with van der Waals surface area (Å²) in [6.07, 6.45) is 0. The summed E-state index contributed by atoms with van der Waals surface area (Å²) in [5, 5.41) is 10.0. The van der Waals surface area contributed by atoms with E-state index in [1.165, 1.54) is 0 Å². The van der Waals surface area contributed by atoms with E-state index in [0.717, 1.165) is 27.5 Å². The summed E-state index contributed by atoms with van der Waals surface area (Å²) in [6, 6.07) is 9.62. The highest BCUT2D eigenvalue weighted by molar-refractivity contribution is 6.44. The van der Waals surface area contributed by atoms with Crippen LogP contribution in [-0.2, 0) is 0 Å². The number of rotatable bonds is 0. The average molecular weight is 220 g/mol. The van der Waals surface area contributed by atoms with Crippen LogP contribution in [0.4, 0.5) is 0 Å². The predicted octanol–water partition coefficient (Wildman–Crippen LogP) is -0.995. The van der Waals surface area contributed by atoms with Crippen LogP contribution in [0.5, 0.6) is 5.75 Å². The highest BCUT2D eigenvalue weighted by atomic mass is 16.3. The van der Waals surface area contributed by atoms with E-state index in [9.17, 15) is 5.11 Å². The van der Waals surface area contributed by atoms with E-state index in [-0.39, 0.29) is 5.75 Å². The van der Waals surface area contributed by atoms with E-state index in [1.807, 2.05) is 46.0 Å². The van der Waals surface area contributed by atoms with Crippen LogP contribution in [0.3, 0.4) is 0 Å². The van der Waals surface area contributed by atoms with Crippen LogP contribution in [0.1, 0.15) is 0 Å². The summed E-state index contributed by atoms with van der Waals surface area (Å²) in [7, 11) is 3.86. The van der Waals surface area contributed by atoms with Crippen LogP contribution in [0.2, 0.25) is 0 Å². The molecule has 0 spiro atoms. The van der Waals surface area contributed by atoms with Gasteiger partial charge in [0.25, 0.3) is 0 Å². The molecule has 0 saturated carbocycles. The van der Waals surface area contributed by atoms with E-state index in [4.69, 9.17) is 0 Å². The fourth-order valence-corrected chi connectivity index (χ4v) is 2.09. The fourth-order valence-electron chi connectivity index (χ4n) is 2.09. The van der Waals surface area contributed by atoms with E-state index >= 15 is 0 Å². The minimum atomic E-state index is 0.226. The zero-order valence-corrected chi connectivity index (χ0v) is 9.73. The first-order chi connectivity index (χ1) is 8.16. The molecule has 0 aliphatic heterocycles. The molecule has 3 nitrogen and oxygen atoms in total. The number of nitrogens with zero attached hydrogens (tertiary/aromatic N) is 2. The number of hydrogen-bond donors (Lipinski definition) is 1. The van der Waals surface area contributed by atoms with Gasteiger partial charge in [-0.25, -0.2) is 9.97 Å². The molecule has 0 unspecified atom stereocenters. The molecule has 0 atom stereocenters. The van der Waals surface area contributed by atoms with Crippen LogP contribution in [0.25, 0.3) is 22.1 Å². The molecule has 0 fully saturated rings. The number of hydrogen-bond acceptors (Lipinski definition) is 3. The Labute approximate surface area is 100 Å². The Hall–Kier alpha value is -2.03. The Morgan fingerprint density at radius 2 is 1.47 bits per heavy atom. The number of phenols is 1. The van der Waals surface area contributed by atoms with Gasteiger partial charge in [0, 0.05) is 0 Å². The summed E-state index contributed by atoms with van der Waals surface area (Å²) in [5.74, 6) is 0.226. The van der Waals surface area contributed by atoms with Gasteiger partial charge in [-0.15, -0.1) is 0 Å². The summed E-state index contributed by atoms with van der Waals surface area (Å²) in [6.45, 7) is 0. The van der Waals surface area contributed by atoms with Gasteiger partial charge in [0.05, 0.1) is 16.6 Å². The first kappa shape index (κ1) is 10.1. The first-order valence-corrected chi connectivity index (χ1v) is 5.52. The number of phenolic OH excluding ortho intramolecular Hbond substituents is 1. The second kappa shape index (κ2) is 3.48. The zero-order valence-electron chi connectivity index (χ0n) is 9.73. The third-order valence-electron chi connectivity index (χ3n) is 2.97. The second-order valence-electron chi connectivity index (χ2n) is 4.27. The van der Waals surface area contributed by atoms with Crippen LogP contribution in [0.15, 0.2) is 30.3 Å². The Morgan fingerprint density at radius 1 is 0.882 bits per heavy atom. The molecule has 1 N–H and O–H groups in total. The van der Waals surface area contributed by atoms with Gasteiger partial charge in [0.2, 0.25) is 0 Å². The van der Waals surface area contributed by atoms with E-state index in [2.05, 4.69) is 9.97 Å². The van der Waals surface area contributed by atoms with Gasteiger partial charge in [0.1, 0.15) is 27.0 Å². The van der Waals surface area contributed by atoms with E-state index in [0.29, 0.717) is 5.52 Å². The predicted molar refractivity (Wildman–Crippen MR) is 75.1 cm³/mol. The molecule has 2 aromatic carbocycles. The maximum absolute atomic E-state index is 10.0. The molecule has 0 bridgehead atoms. The maximum Gasteiger partial charge on any atom is 0.144 e. The van der Waals surface area contributed by atoms with Crippen molar-refractivity contribution in [3.8, 4) is 5.75 Å². The minimum Gasteiger partial charge on any atom is -0.506 e. The second-order valence-corrected chi connectivity index (χ2v) is 4.27. The normalized spacial score (nSPS) is 11.1. The largest absolute Gasteiger partial charge is 0.506 e. The molecule has 1 heterocycles. The molecule has 0 aliphatic rings. The Kier molecular flexibility index (Phi) is 2.08. The molecule has 80 valence electrons. The molecule has 0 radical (unpaired) electrons. The van der Waals surface area contributed by atoms with Crippen molar-refractivity contribution in [1.82, 2.24) is 9.97 Å². The lowest BCUT2D eigenvalue weighted by Crippen LogP contribution is -2.16. The number of benzene rings is 2. The van der Waals surface area contributed by atoms with Gasteiger partial charge < -0.3 is 5.11 Å². The van der Waals surface area contributed by atoms with Crippen molar-refractivity contribution in [2.75, 3.05) is 0 Å². The summed E-state index contributed by atoms with van der Waals surface area (Å²) < 4.78 is 0. The topological polar surface area (TPSA) is 46.0 Å². The maximum atomic E-state index is 10.0. The number of para-hydroxylation sites is 2. The summed E-state index contributed by atoms with van der Waals surface area (Å²) in [5.41, 5.74) is 4.88. The molecule has 1 aromatic heterocycles. The zero-order chi connectivity index (χ0) is 12.0. The lowest BCUT2D eigenvalue weighted by Gasteiger charge is -2.08. The molecular formula is C12H10B2N2O. The molecule has 0 saturated heterocycles. The van der Waals surface area contributed by atoms with Gasteiger partial charge >= 0.3 is 0 Å². The highest BCUT2D eigenvalue weighted by Gasteiger charge is 2.10. The molecule has 17 heavy (non-hydrogen) atoms. The van der Waals surface area contributed by atoms with E-state index < -0.39 is 0 Å². The fraction of sp³-hybridized carbons (Fsp3) is 0. The van der Waals surface area contributed by atoms with Crippen LogP contribution in [0, 0.1) is 0 Å². The van der Waals surface area contributed by atoms with Gasteiger partial charge in [-0.3, -0.25) is 0 Å². The van der Waals surface area contributed by atoms with E-state index in [1.54, 1.807) is 0 Å². The van der Waals surface area contributed by atoms with Crippen LogP contribution < -0.4 is 10.9 Å².